The molecule has 0 fully saturated rings. The average Bonchev–Trinajstić information content (AvgIpc) is 2.44. The minimum absolute atomic E-state index is 0. The zero-order chi connectivity index (χ0) is 16.6. The lowest BCUT2D eigenvalue weighted by Gasteiger charge is -2.10. The van der Waals surface area contributed by atoms with Gasteiger partial charge < -0.3 is 15.4 Å². The number of amides is 1. The fourth-order valence-corrected chi connectivity index (χ4v) is 1.76. The summed E-state index contributed by atoms with van der Waals surface area (Å²) in [5.41, 5.74) is -0.942. The van der Waals surface area contributed by atoms with Crippen LogP contribution in [0, 0.1) is 0 Å². The van der Waals surface area contributed by atoms with Crippen LogP contribution in [0.4, 0.5) is 13.2 Å². The maximum atomic E-state index is 12.4. The average molecular weight is 413 g/mol. The molecule has 140 valence electrons. The van der Waals surface area contributed by atoms with Gasteiger partial charge in [0.05, 0.1) is 12.1 Å². The minimum atomic E-state index is -4.50. The molecule has 24 heavy (non-hydrogen) atoms. The molecule has 1 amide bonds. The van der Waals surface area contributed by atoms with Crippen LogP contribution < -0.4 is 15.4 Å². The third-order valence-corrected chi connectivity index (χ3v) is 2.90. The van der Waals surface area contributed by atoms with Crippen LogP contribution in [0.1, 0.15) is 18.4 Å². The zero-order valence-corrected chi connectivity index (χ0v) is 15.2. The molecular formula is C13H19Cl3F3N3O2. The van der Waals surface area contributed by atoms with Crippen LogP contribution in [0.3, 0.4) is 0 Å². The van der Waals surface area contributed by atoms with Crippen molar-refractivity contribution in [3.63, 3.8) is 0 Å². The molecule has 0 bridgehead atoms. The van der Waals surface area contributed by atoms with E-state index in [1.54, 1.807) is 7.05 Å². The first kappa shape index (κ1) is 25.3. The lowest BCUT2D eigenvalue weighted by Crippen LogP contribution is -2.28. The van der Waals surface area contributed by atoms with Crippen molar-refractivity contribution in [2.75, 3.05) is 26.7 Å². The number of hydrogen-bond donors (Lipinski definition) is 2. The van der Waals surface area contributed by atoms with E-state index in [1.165, 1.54) is 0 Å². The smallest absolute Gasteiger partial charge is 0.417 e. The van der Waals surface area contributed by atoms with Crippen molar-refractivity contribution in [3.8, 4) is 5.88 Å². The number of carbonyl (C=O) groups is 1. The standard InChI is InChI=1S/C13H17ClF3N3O2.2ClH/c1-18-4-2-3-11(21)19-5-6-22-12-10(14)7-9(8-20-12)13(15,16)17;;/h7-8,18H,2-6H2,1H3,(H,19,21);2*1H. The van der Waals surface area contributed by atoms with Crippen LogP contribution in [0.25, 0.3) is 0 Å². The van der Waals surface area contributed by atoms with Gasteiger partial charge in [0, 0.05) is 12.6 Å². The Hall–Kier alpha value is -0.960. The highest BCUT2D eigenvalue weighted by molar-refractivity contribution is 6.31. The van der Waals surface area contributed by atoms with Crippen LogP contribution >= 0.6 is 36.4 Å². The summed E-state index contributed by atoms with van der Waals surface area (Å²) in [6, 6.07) is 0.750. The number of pyridine rings is 1. The van der Waals surface area contributed by atoms with E-state index in [4.69, 9.17) is 16.3 Å². The fraction of sp³-hybridized carbons (Fsp3) is 0.538. The zero-order valence-electron chi connectivity index (χ0n) is 12.8. The maximum Gasteiger partial charge on any atom is 0.417 e. The second kappa shape index (κ2) is 12.4. The molecule has 0 atom stereocenters. The van der Waals surface area contributed by atoms with E-state index in [2.05, 4.69) is 15.6 Å². The molecule has 1 heterocycles. The topological polar surface area (TPSA) is 63.2 Å². The third kappa shape index (κ3) is 9.36. The van der Waals surface area contributed by atoms with E-state index in [-0.39, 0.29) is 54.8 Å². The molecule has 0 saturated carbocycles. The number of aromatic nitrogens is 1. The van der Waals surface area contributed by atoms with Gasteiger partial charge in [-0.2, -0.15) is 13.2 Å². The van der Waals surface area contributed by atoms with Crippen molar-refractivity contribution < 1.29 is 22.7 Å². The largest absolute Gasteiger partial charge is 0.475 e. The number of nitrogens with one attached hydrogen (secondary N) is 2. The number of carbonyl (C=O) groups excluding carboxylic acids is 1. The minimum Gasteiger partial charge on any atom is -0.475 e. The van der Waals surface area contributed by atoms with Crippen molar-refractivity contribution in [1.82, 2.24) is 15.6 Å². The van der Waals surface area contributed by atoms with Gasteiger partial charge in [0.1, 0.15) is 11.6 Å². The predicted octanol–water partition coefficient (Wildman–Crippen LogP) is 3.09. The number of rotatable bonds is 8. The second-order valence-electron chi connectivity index (χ2n) is 4.41. The molecule has 1 aromatic heterocycles. The number of ether oxygens (including phenoxy) is 1. The summed E-state index contributed by atoms with van der Waals surface area (Å²) in [7, 11) is 1.80. The van der Waals surface area contributed by atoms with Gasteiger partial charge in [-0.1, -0.05) is 11.6 Å². The summed E-state index contributed by atoms with van der Waals surface area (Å²) in [6.45, 7) is 1.03. The SMILES string of the molecule is CNCCCC(=O)NCCOc1ncc(C(F)(F)F)cc1Cl.Cl.Cl. The van der Waals surface area contributed by atoms with Gasteiger partial charge in [0.2, 0.25) is 11.8 Å². The molecule has 0 aliphatic heterocycles. The molecule has 0 aliphatic carbocycles. The monoisotopic (exact) mass is 411 g/mol. The summed E-state index contributed by atoms with van der Waals surface area (Å²) in [6.07, 6.45) is -2.75. The van der Waals surface area contributed by atoms with E-state index in [0.717, 1.165) is 19.0 Å². The molecule has 0 aliphatic rings. The van der Waals surface area contributed by atoms with Crippen LogP contribution in [0.2, 0.25) is 5.02 Å². The maximum absolute atomic E-state index is 12.4. The predicted molar refractivity (Wildman–Crippen MR) is 90.4 cm³/mol. The Bertz CT molecular complexity index is 505. The van der Waals surface area contributed by atoms with Crippen molar-refractivity contribution in [3.05, 3.63) is 22.8 Å². The normalized spacial score (nSPS) is 10.4. The molecule has 0 saturated heterocycles. The molecule has 1 rings (SSSR count). The lowest BCUT2D eigenvalue weighted by molar-refractivity contribution is -0.137. The summed E-state index contributed by atoms with van der Waals surface area (Å²) >= 11 is 5.68. The third-order valence-electron chi connectivity index (χ3n) is 2.63. The van der Waals surface area contributed by atoms with E-state index < -0.39 is 11.7 Å². The molecule has 2 N–H and O–H groups in total. The van der Waals surface area contributed by atoms with E-state index in [9.17, 15) is 18.0 Å². The van der Waals surface area contributed by atoms with Crippen molar-refractivity contribution in [2.24, 2.45) is 0 Å². The van der Waals surface area contributed by atoms with Crippen LogP contribution in [-0.2, 0) is 11.0 Å². The summed E-state index contributed by atoms with van der Waals surface area (Å²) in [5.74, 6) is -0.218. The Labute approximate surface area is 155 Å². The summed E-state index contributed by atoms with van der Waals surface area (Å²) in [4.78, 5) is 14.9. The Morgan fingerprint density at radius 3 is 2.54 bits per heavy atom. The van der Waals surface area contributed by atoms with Crippen molar-refractivity contribution in [1.29, 1.82) is 0 Å². The molecule has 1 aromatic rings. The first-order valence-corrected chi connectivity index (χ1v) is 6.99. The van der Waals surface area contributed by atoms with Crippen LogP contribution in [-0.4, -0.2) is 37.6 Å². The van der Waals surface area contributed by atoms with Gasteiger partial charge >= 0.3 is 6.18 Å². The Balaban J connectivity index is 0. The van der Waals surface area contributed by atoms with Crippen LogP contribution in [0.15, 0.2) is 12.3 Å². The Morgan fingerprint density at radius 1 is 1.33 bits per heavy atom. The van der Waals surface area contributed by atoms with Gasteiger partial charge in [-0.3, -0.25) is 4.79 Å². The van der Waals surface area contributed by atoms with Crippen LogP contribution in [0.5, 0.6) is 5.88 Å². The molecule has 0 radical (unpaired) electrons. The molecule has 11 heteroatoms. The number of nitrogens with zero attached hydrogens (tertiary/aromatic N) is 1. The summed E-state index contributed by atoms with van der Waals surface area (Å²) in [5, 5.41) is 5.32. The number of halogens is 6. The lowest BCUT2D eigenvalue weighted by atomic mass is 10.3. The first-order chi connectivity index (χ1) is 10.3. The number of hydrogen-bond acceptors (Lipinski definition) is 4. The first-order valence-electron chi connectivity index (χ1n) is 6.61. The quantitative estimate of drug-likeness (QED) is 0.644. The van der Waals surface area contributed by atoms with Crippen molar-refractivity contribution in [2.45, 2.75) is 19.0 Å². The van der Waals surface area contributed by atoms with E-state index in [1.807, 2.05) is 0 Å². The fourth-order valence-electron chi connectivity index (χ4n) is 1.54. The van der Waals surface area contributed by atoms with E-state index >= 15 is 0 Å². The highest BCUT2D eigenvalue weighted by Crippen LogP contribution is 2.32. The highest BCUT2D eigenvalue weighted by Gasteiger charge is 2.31. The molecule has 0 aromatic carbocycles. The number of alkyl halides is 3. The Morgan fingerprint density at radius 2 is 2.00 bits per heavy atom. The summed E-state index contributed by atoms with van der Waals surface area (Å²) < 4.78 is 42.4. The van der Waals surface area contributed by atoms with Gasteiger partial charge in [-0.05, 0) is 26.1 Å². The molecular weight excluding hydrogens is 394 g/mol. The molecule has 0 spiro atoms. The molecule has 0 unspecified atom stereocenters. The van der Waals surface area contributed by atoms with Crippen molar-refractivity contribution >= 4 is 42.3 Å². The Kier molecular flexibility index (Phi) is 13.1. The van der Waals surface area contributed by atoms with E-state index in [0.29, 0.717) is 12.6 Å². The van der Waals surface area contributed by atoms with Gasteiger partial charge in [-0.25, -0.2) is 4.98 Å². The van der Waals surface area contributed by atoms with Gasteiger partial charge in [0.15, 0.2) is 0 Å². The highest BCUT2D eigenvalue weighted by atomic mass is 35.5. The van der Waals surface area contributed by atoms with Gasteiger partial charge in [-0.15, -0.1) is 24.8 Å². The van der Waals surface area contributed by atoms with Gasteiger partial charge in [0.25, 0.3) is 0 Å². The second-order valence-corrected chi connectivity index (χ2v) is 4.82. The molecule has 5 nitrogen and oxygen atoms in total.